The molecule has 0 spiro atoms. The monoisotopic (exact) mass is 583 g/mol. The van der Waals surface area contributed by atoms with E-state index in [0.717, 1.165) is 34.5 Å². The van der Waals surface area contributed by atoms with E-state index in [2.05, 4.69) is 9.44 Å². The predicted octanol–water partition coefficient (Wildman–Crippen LogP) is 6.27. The van der Waals surface area contributed by atoms with Gasteiger partial charge in [0.2, 0.25) is 0 Å². The Kier molecular flexibility index (Phi) is 8.00. The smallest absolute Gasteiger partial charge is 0.277 e. The van der Waals surface area contributed by atoms with Crippen LogP contribution in [0.4, 0.5) is 17.1 Å². The molecule has 0 unspecified atom stereocenters. The van der Waals surface area contributed by atoms with Crippen molar-refractivity contribution in [2.75, 3.05) is 9.44 Å². The SMILES string of the molecule is Cc1ccc(Sc2cc(NS(=O)(=O)c3ccc(C)cc3)c(NS(=O)(=O)c3ccc(C)cc3)cc2[N+](=O)[O-])cc1. The Hall–Kier alpha value is -3.87. The second-order valence-corrected chi connectivity index (χ2v) is 13.4. The number of nitrogens with zero attached hydrogens (tertiary/aromatic N) is 1. The second-order valence-electron chi connectivity index (χ2n) is 8.87. The number of sulfonamides is 2. The number of aryl methyl sites for hydroxylation is 3. The first-order chi connectivity index (χ1) is 18.3. The quantitative estimate of drug-likeness (QED) is 0.175. The molecule has 0 aliphatic carbocycles. The fraction of sp³-hybridized carbons (Fsp3) is 0.111. The molecule has 39 heavy (non-hydrogen) atoms. The van der Waals surface area contributed by atoms with Gasteiger partial charge in [-0.3, -0.25) is 19.6 Å². The van der Waals surface area contributed by atoms with Gasteiger partial charge in [0.05, 0.1) is 31.0 Å². The van der Waals surface area contributed by atoms with E-state index < -0.39 is 25.0 Å². The van der Waals surface area contributed by atoms with Crippen LogP contribution in [0.3, 0.4) is 0 Å². The summed E-state index contributed by atoms with van der Waals surface area (Å²) < 4.78 is 57.5. The normalized spacial score (nSPS) is 11.7. The van der Waals surface area contributed by atoms with Gasteiger partial charge in [0, 0.05) is 11.0 Å². The molecule has 0 saturated carbocycles. The standard InChI is InChI=1S/C27H25N3O6S3/c1-18-4-10-21(11-5-18)37-27-17-25(29-39(35,36)23-14-8-20(3)9-15-23)24(16-26(27)30(31)32)28-38(33,34)22-12-6-19(2)7-13-22/h4-17,28-29H,1-3H3. The molecule has 0 bridgehead atoms. The van der Waals surface area contributed by atoms with E-state index in [1.807, 2.05) is 26.0 Å². The van der Waals surface area contributed by atoms with Gasteiger partial charge in [-0.05, 0) is 63.2 Å². The summed E-state index contributed by atoms with van der Waals surface area (Å²) in [5.41, 5.74) is 1.86. The topological polar surface area (TPSA) is 135 Å². The highest BCUT2D eigenvalue weighted by Gasteiger charge is 2.26. The Morgan fingerprint density at radius 3 is 1.44 bits per heavy atom. The van der Waals surface area contributed by atoms with Crippen LogP contribution in [0, 0.1) is 30.9 Å². The summed E-state index contributed by atoms with van der Waals surface area (Å²) in [6.07, 6.45) is 0. The van der Waals surface area contributed by atoms with Crippen LogP contribution in [-0.2, 0) is 20.0 Å². The van der Waals surface area contributed by atoms with Gasteiger partial charge < -0.3 is 0 Å². The Morgan fingerprint density at radius 2 is 1.03 bits per heavy atom. The van der Waals surface area contributed by atoms with Crippen molar-refractivity contribution in [1.29, 1.82) is 0 Å². The molecule has 0 amide bonds. The molecule has 0 atom stereocenters. The van der Waals surface area contributed by atoms with Gasteiger partial charge in [0.1, 0.15) is 0 Å². The molecule has 4 aromatic carbocycles. The number of hydrogen-bond acceptors (Lipinski definition) is 7. The third kappa shape index (κ3) is 6.77. The molecule has 0 radical (unpaired) electrons. The van der Waals surface area contributed by atoms with Crippen LogP contribution >= 0.6 is 11.8 Å². The van der Waals surface area contributed by atoms with Crippen LogP contribution in [0.25, 0.3) is 0 Å². The van der Waals surface area contributed by atoms with Crippen molar-refractivity contribution in [2.24, 2.45) is 0 Å². The molecule has 0 aliphatic rings. The highest BCUT2D eigenvalue weighted by atomic mass is 32.2. The molecule has 0 fully saturated rings. The lowest BCUT2D eigenvalue weighted by atomic mass is 10.2. The van der Waals surface area contributed by atoms with Gasteiger partial charge in [0.25, 0.3) is 25.7 Å². The van der Waals surface area contributed by atoms with Crippen LogP contribution < -0.4 is 9.44 Å². The molecule has 4 rings (SSSR count). The Labute approximate surface area is 231 Å². The zero-order valence-electron chi connectivity index (χ0n) is 21.2. The van der Waals surface area contributed by atoms with Gasteiger partial charge in [-0.2, -0.15) is 0 Å². The summed E-state index contributed by atoms with van der Waals surface area (Å²) in [6.45, 7) is 5.52. The van der Waals surface area contributed by atoms with E-state index in [1.54, 1.807) is 43.3 Å². The van der Waals surface area contributed by atoms with Crippen LogP contribution in [0.2, 0.25) is 0 Å². The van der Waals surface area contributed by atoms with E-state index >= 15 is 0 Å². The van der Waals surface area contributed by atoms with Crippen molar-refractivity contribution in [3.8, 4) is 0 Å². The third-order valence-corrected chi connectivity index (χ3v) is 9.51. The zero-order valence-corrected chi connectivity index (χ0v) is 23.7. The number of nitro groups is 1. The summed E-state index contributed by atoms with van der Waals surface area (Å²) in [7, 11) is -8.38. The van der Waals surface area contributed by atoms with Crippen LogP contribution in [0.5, 0.6) is 0 Å². The third-order valence-electron chi connectivity index (χ3n) is 5.70. The van der Waals surface area contributed by atoms with Gasteiger partial charge in [-0.1, -0.05) is 64.9 Å². The number of nitro benzene ring substituents is 1. The maximum atomic E-state index is 13.2. The van der Waals surface area contributed by atoms with E-state index in [1.165, 1.54) is 30.3 Å². The first-order valence-corrected chi connectivity index (χ1v) is 15.4. The summed E-state index contributed by atoms with van der Waals surface area (Å²) in [4.78, 5) is 12.1. The van der Waals surface area contributed by atoms with E-state index in [0.29, 0.717) is 4.90 Å². The fourth-order valence-corrected chi connectivity index (χ4v) is 6.62. The lowest BCUT2D eigenvalue weighted by Gasteiger charge is -2.17. The van der Waals surface area contributed by atoms with Crippen LogP contribution in [0.1, 0.15) is 16.7 Å². The molecule has 202 valence electrons. The molecule has 0 aliphatic heterocycles. The average molecular weight is 584 g/mol. The zero-order chi connectivity index (χ0) is 28.4. The van der Waals surface area contributed by atoms with Crippen molar-refractivity contribution < 1.29 is 21.8 Å². The molecule has 12 heteroatoms. The van der Waals surface area contributed by atoms with Crippen molar-refractivity contribution in [3.05, 3.63) is 112 Å². The highest BCUT2D eigenvalue weighted by molar-refractivity contribution is 7.99. The summed E-state index contributed by atoms with van der Waals surface area (Å²) >= 11 is 1.06. The first-order valence-electron chi connectivity index (χ1n) is 11.6. The lowest BCUT2D eigenvalue weighted by molar-refractivity contribution is -0.387. The van der Waals surface area contributed by atoms with Gasteiger partial charge >= 0.3 is 0 Å². The number of hydrogen-bond donors (Lipinski definition) is 2. The highest BCUT2D eigenvalue weighted by Crippen LogP contribution is 2.41. The molecule has 0 aromatic heterocycles. The fourth-order valence-electron chi connectivity index (χ4n) is 3.54. The summed E-state index contributed by atoms with van der Waals surface area (Å²) in [5, 5.41) is 12.0. The largest absolute Gasteiger partial charge is 0.285 e. The van der Waals surface area contributed by atoms with Gasteiger partial charge in [-0.15, -0.1) is 0 Å². The molecule has 2 N–H and O–H groups in total. The van der Waals surface area contributed by atoms with Crippen molar-refractivity contribution in [3.63, 3.8) is 0 Å². The van der Waals surface area contributed by atoms with E-state index in [9.17, 15) is 26.9 Å². The molecule has 0 heterocycles. The van der Waals surface area contributed by atoms with Crippen molar-refractivity contribution in [2.45, 2.75) is 40.4 Å². The second kappa shape index (κ2) is 11.1. The van der Waals surface area contributed by atoms with Gasteiger partial charge in [0.15, 0.2) is 0 Å². The van der Waals surface area contributed by atoms with Crippen LogP contribution in [-0.4, -0.2) is 21.8 Å². The molecule has 0 saturated heterocycles. The molecule has 4 aromatic rings. The number of anilines is 2. The lowest BCUT2D eigenvalue weighted by Crippen LogP contribution is -2.18. The minimum Gasteiger partial charge on any atom is -0.277 e. The maximum absolute atomic E-state index is 13.2. The van der Waals surface area contributed by atoms with Crippen molar-refractivity contribution in [1.82, 2.24) is 0 Å². The predicted molar refractivity (Wildman–Crippen MR) is 152 cm³/mol. The summed E-state index contributed by atoms with van der Waals surface area (Å²) in [6, 6.07) is 21.7. The Morgan fingerprint density at radius 1 is 0.641 bits per heavy atom. The molecule has 9 nitrogen and oxygen atoms in total. The van der Waals surface area contributed by atoms with Gasteiger partial charge in [-0.25, -0.2) is 16.8 Å². The summed E-state index contributed by atoms with van der Waals surface area (Å²) in [5.74, 6) is 0. The minimum atomic E-state index is -4.21. The van der Waals surface area contributed by atoms with Crippen LogP contribution in [0.15, 0.2) is 105 Å². The number of benzene rings is 4. The van der Waals surface area contributed by atoms with Crippen molar-refractivity contribution >= 4 is 48.9 Å². The average Bonchev–Trinajstić information content (AvgIpc) is 2.87. The Balaban J connectivity index is 1.84. The maximum Gasteiger partial charge on any atom is 0.285 e. The molecular formula is C27H25N3O6S3. The van der Waals surface area contributed by atoms with E-state index in [-0.39, 0.29) is 31.7 Å². The van der Waals surface area contributed by atoms with E-state index in [4.69, 9.17) is 0 Å². The first kappa shape index (κ1) is 28.1. The number of rotatable bonds is 9. The molecular weight excluding hydrogens is 559 g/mol. The number of nitrogens with one attached hydrogen (secondary N) is 2. The minimum absolute atomic E-state index is 0.0495. The Bertz CT molecular complexity index is 1740.